The smallest absolute Gasteiger partial charge is 0.240 e. The molecule has 1 aromatic rings. The van der Waals surface area contributed by atoms with Crippen molar-refractivity contribution in [3.8, 4) is 0 Å². The highest BCUT2D eigenvalue weighted by atomic mass is 16.2. The maximum Gasteiger partial charge on any atom is 0.240 e. The first-order valence-electron chi connectivity index (χ1n) is 7.09. The van der Waals surface area contributed by atoms with Crippen LogP contribution in [-0.4, -0.2) is 17.9 Å². The Kier molecular flexibility index (Phi) is 6.22. The van der Waals surface area contributed by atoms with Gasteiger partial charge in [0.1, 0.15) is 6.04 Å². The lowest BCUT2D eigenvalue weighted by atomic mass is 9.96. The Morgan fingerprint density at radius 2 is 1.80 bits per heavy atom. The van der Waals surface area contributed by atoms with Crippen molar-refractivity contribution < 1.29 is 9.59 Å². The summed E-state index contributed by atoms with van der Waals surface area (Å²) in [6, 6.07) is 9.23. The molecule has 0 heterocycles. The van der Waals surface area contributed by atoms with Gasteiger partial charge in [-0.15, -0.1) is 0 Å². The molecule has 0 fully saturated rings. The normalized spacial score (nSPS) is 15.2. The minimum absolute atomic E-state index is 0.0420. The standard InChI is InChI=1S/C16H24N2O2/c1-4-11(2)14(15(17)19)18-16(20)12(3)10-13-8-6-5-7-9-13/h5-9,11-12,14H,4,10H2,1-3H3,(H2,17,19)(H,18,20)/t11-,12+,14-/m0/s1. The van der Waals surface area contributed by atoms with E-state index in [1.165, 1.54) is 0 Å². The largest absolute Gasteiger partial charge is 0.368 e. The molecule has 4 heteroatoms. The second-order valence-electron chi connectivity index (χ2n) is 5.36. The zero-order valence-electron chi connectivity index (χ0n) is 12.4. The Bertz CT molecular complexity index is 445. The van der Waals surface area contributed by atoms with Crippen LogP contribution in [0, 0.1) is 11.8 Å². The van der Waals surface area contributed by atoms with Crippen LogP contribution in [0.5, 0.6) is 0 Å². The number of rotatable bonds is 7. The van der Waals surface area contributed by atoms with Gasteiger partial charge in [0.25, 0.3) is 0 Å². The highest BCUT2D eigenvalue weighted by molar-refractivity contribution is 5.87. The summed E-state index contributed by atoms with van der Waals surface area (Å²) in [6.45, 7) is 5.74. The molecule has 0 aliphatic carbocycles. The predicted octanol–water partition coefficient (Wildman–Crippen LogP) is 1.88. The van der Waals surface area contributed by atoms with Gasteiger partial charge >= 0.3 is 0 Å². The summed E-state index contributed by atoms with van der Waals surface area (Å²) < 4.78 is 0. The van der Waals surface area contributed by atoms with Gasteiger partial charge in [-0.25, -0.2) is 0 Å². The highest BCUT2D eigenvalue weighted by Gasteiger charge is 2.25. The van der Waals surface area contributed by atoms with Gasteiger partial charge in [0, 0.05) is 5.92 Å². The van der Waals surface area contributed by atoms with Crippen molar-refractivity contribution in [2.45, 2.75) is 39.7 Å². The second-order valence-corrected chi connectivity index (χ2v) is 5.36. The van der Waals surface area contributed by atoms with Gasteiger partial charge in [-0.1, -0.05) is 57.5 Å². The van der Waals surface area contributed by atoms with Crippen molar-refractivity contribution in [2.24, 2.45) is 17.6 Å². The van der Waals surface area contributed by atoms with Crippen LogP contribution in [0.3, 0.4) is 0 Å². The fourth-order valence-electron chi connectivity index (χ4n) is 2.09. The lowest BCUT2D eigenvalue weighted by molar-refractivity contribution is -0.130. The fraction of sp³-hybridized carbons (Fsp3) is 0.500. The number of carbonyl (C=O) groups is 2. The highest BCUT2D eigenvalue weighted by Crippen LogP contribution is 2.11. The van der Waals surface area contributed by atoms with Gasteiger partial charge in [-0.3, -0.25) is 9.59 Å². The summed E-state index contributed by atoms with van der Waals surface area (Å²) in [6.07, 6.45) is 1.44. The first-order chi connectivity index (χ1) is 9.45. The average Bonchev–Trinajstić information content (AvgIpc) is 2.44. The minimum atomic E-state index is -0.592. The molecule has 0 saturated carbocycles. The van der Waals surface area contributed by atoms with E-state index < -0.39 is 11.9 Å². The Balaban J connectivity index is 2.62. The molecule has 2 amide bonds. The van der Waals surface area contributed by atoms with Gasteiger partial charge in [0.15, 0.2) is 0 Å². The van der Waals surface area contributed by atoms with E-state index in [-0.39, 0.29) is 17.7 Å². The lowest BCUT2D eigenvalue weighted by Crippen LogP contribution is -2.49. The van der Waals surface area contributed by atoms with Crippen LogP contribution in [0.25, 0.3) is 0 Å². The maximum atomic E-state index is 12.2. The van der Waals surface area contributed by atoms with Crippen molar-refractivity contribution in [3.63, 3.8) is 0 Å². The van der Waals surface area contributed by atoms with Crippen molar-refractivity contribution in [3.05, 3.63) is 35.9 Å². The van der Waals surface area contributed by atoms with E-state index >= 15 is 0 Å². The number of hydrogen-bond acceptors (Lipinski definition) is 2. The molecule has 0 saturated heterocycles. The lowest BCUT2D eigenvalue weighted by Gasteiger charge is -2.23. The summed E-state index contributed by atoms with van der Waals surface area (Å²) in [4.78, 5) is 23.6. The number of amides is 2. The van der Waals surface area contributed by atoms with Gasteiger partial charge in [0.2, 0.25) is 11.8 Å². The monoisotopic (exact) mass is 276 g/mol. The van der Waals surface area contributed by atoms with Crippen molar-refractivity contribution in [1.29, 1.82) is 0 Å². The molecule has 0 aliphatic heterocycles. The van der Waals surface area contributed by atoms with E-state index in [0.29, 0.717) is 6.42 Å². The third-order valence-electron chi connectivity index (χ3n) is 3.65. The van der Waals surface area contributed by atoms with E-state index in [0.717, 1.165) is 12.0 Å². The summed E-state index contributed by atoms with van der Waals surface area (Å²) in [5.41, 5.74) is 6.47. The van der Waals surface area contributed by atoms with E-state index in [2.05, 4.69) is 5.32 Å². The third kappa shape index (κ3) is 4.68. The summed E-state index contributed by atoms with van der Waals surface area (Å²) in [7, 11) is 0. The molecule has 0 aromatic heterocycles. The molecule has 1 rings (SSSR count). The van der Waals surface area contributed by atoms with Crippen LogP contribution in [0.4, 0.5) is 0 Å². The SMILES string of the molecule is CC[C@H](C)[C@H](NC(=O)[C@H](C)Cc1ccccc1)C(N)=O. The molecule has 3 atom stereocenters. The fourth-order valence-corrected chi connectivity index (χ4v) is 2.09. The van der Waals surface area contributed by atoms with Crippen LogP contribution in [0.15, 0.2) is 30.3 Å². The van der Waals surface area contributed by atoms with Crippen LogP contribution in [0.2, 0.25) is 0 Å². The molecular weight excluding hydrogens is 252 g/mol. The molecule has 110 valence electrons. The topological polar surface area (TPSA) is 72.2 Å². The zero-order valence-corrected chi connectivity index (χ0v) is 12.4. The van der Waals surface area contributed by atoms with Crippen molar-refractivity contribution >= 4 is 11.8 Å². The molecule has 0 bridgehead atoms. The number of hydrogen-bond donors (Lipinski definition) is 2. The van der Waals surface area contributed by atoms with E-state index in [4.69, 9.17) is 5.73 Å². The number of carbonyl (C=O) groups excluding carboxylic acids is 2. The summed E-state index contributed by atoms with van der Waals surface area (Å²) in [5, 5.41) is 2.77. The molecule has 0 aliphatic rings. The van der Waals surface area contributed by atoms with Crippen molar-refractivity contribution in [2.75, 3.05) is 0 Å². The van der Waals surface area contributed by atoms with Crippen LogP contribution in [0.1, 0.15) is 32.8 Å². The predicted molar refractivity (Wildman–Crippen MR) is 79.9 cm³/mol. The number of primary amides is 1. The van der Waals surface area contributed by atoms with Gasteiger partial charge in [-0.2, -0.15) is 0 Å². The molecule has 1 aromatic carbocycles. The zero-order chi connectivity index (χ0) is 15.1. The average molecular weight is 276 g/mol. The maximum absolute atomic E-state index is 12.2. The summed E-state index contributed by atoms with van der Waals surface area (Å²) >= 11 is 0. The Hall–Kier alpha value is -1.84. The van der Waals surface area contributed by atoms with Crippen molar-refractivity contribution in [1.82, 2.24) is 5.32 Å². The number of nitrogens with two attached hydrogens (primary N) is 1. The molecule has 0 radical (unpaired) electrons. The van der Waals surface area contributed by atoms with E-state index in [9.17, 15) is 9.59 Å². The summed E-state index contributed by atoms with van der Waals surface area (Å²) in [5.74, 6) is -0.749. The third-order valence-corrected chi connectivity index (χ3v) is 3.65. The Labute approximate surface area is 120 Å². The van der Waals surface area contributed by atoms with E-state index in [1.54, 1.807) is 0 Å². The molecule has 3 N–H and O–H groups in total. The Morgan fingerprint density at radius 3 is 2.30 bits per heavy atom. The van der Waals surface area contributed by atoms with Crippen LogP contribution >= 0.6 is 0 Å². The molecule has 20 heavy (non-hydrogen) atoms. The first kappa shape index (κ1) is 16.2. The quantitative estimate of drug-likeness (QED) is 0.798. The van der Waals surface area contributed by atoms with Gasteiger partial charge in [0.05, 0.1) is 0 Å². The second kappa shape index (κ2) is 7.68. The molecule has 0 spiro atoms. The number of nitrogens with one attached hydrogen (secondary N) is 1. The minimum Gasteiger partial charge on any atom is -0.368 e. The molecule has 4 nitrogen and oxygen atoms in total. The first-order valence-corrected chi connectivity index (χ1v) is 7.09. The Morgan fingerprint density at radius 1 is 1.20 bits per heavy atom. The van der Waals surface area contributed by atoms with Crippen LogP contribution < -0.4 is 11.1 Å². The molecular formula is C16H24N2O2. The number of benzene rings is 1. The van der Waals surface area contributed by atoms with Gasteiger partial charge in [-0.05, 0) is 17.9 Å². The van der Waals surface area contributed by atoms with E-state index in [1.807, 2.05) is 51.1 Å². The van der Waals surface area contributed by atoms with Crippen LogP contribution in [-0.2, 0) is 16.0 Å². The molecule has 0 unspecified atom stereocenters. The van der Waals surface area contributed by atoms with Gasteiger partial charge < -0.3 is 11.1 Å².